The van der Waals surface area contributed by atoms with Crippen molar-refractivity contribution in [2.24, 2.45) is 11.8 Å². The van der Waals surface area contributed by atoms with E-state index in [0.717, 1.165) is 74.6 Å². The highest BCUT2D eigenvalue weighted by molar-refractivity contribution is 7.18. The van der Waals surface area contributed by atoms with Gasteiger partial charge >= 0.3 is 12.2 Å². The average molecular weight is 770 g/mol. The number of benzene rings is 1. The number of hydrogen-bond acceptors (Lipinski definition) is 10. The first kappa shape index (κ1) is 37.8. The van der Waals surface area contributed by atoms with Gasteiger partial charge in [0.05, 0.1) is 59.2 Å². The molecule has 15 nitrogen and oxygen atoms in total. The Morgan fingerprint density at radius 2 is 1.36 bits per heavy atom. The summed E-state index contributed by atoms with van der Waals surface area (Å²) in [4.78, 5) is 78.4. The fourth-order valence-electron chi connectivity index (χ4n) is 7.62. The molecule has 55 heavy (non-hydrogen) atoms. The third-order valence-electron chi connectivity index (χ3n) is 10.5. The number of aromatic amines is 2. The summed E-state index contributed by atoms with van der Waals surface area (Å²) >= 11 is 1.62. The van der Waals surface area contributed by atoms with Gasteiger partial charge in [-0.1, -0.05) is 27.7 Å². The summed E-state index contributed by atoms with van der Waals surface area (Å²) in [5.41, 5.74) is 4.23. The Hall–Kier alpha value is -5.51. The smallest absolute Gasteiger partial charge is 0.407 e. The number of carbonyl (C=O) groups is 4. The van der Waals surface area contributed by atoms with Gasteiger partial charge in [0.25, 0.3) is 0 Å². The predicted molar refractivity (Wildman–Crippen MR) is 208 cm³/mol. The number of imidazole rings is 2. The second-order valence-corrected chi connectivity index (χ2v) is 15.9. The maximum atomic E-state index is 13.7. The zero-order valence-electron chi connectivity index (χ0n) is 31.8. The maximum absolute atomic E-state index is 13.7. The van der Waals surface area contributed by atoms with E-state index in [4.69, 9.17) is 24.4 Å². The number of methoxy groups -OCH3 is 2. The van der Waals surface area contributed by atoms with Crippen molar-refractivity contribution < 1.29 is 28.7 Å². The minimum Gasteiger partial charge on any atom is -0.453 e. The van der Waals surface area contributed by atoms with Crippen LogP contribution in [0.1, 0.15) is 77.1 Å². The highest BCUT2D eigenvalue weighted by atomic mass is 32.1. The topological polar surface area (TPSA) is 188 Å². The summed E-state index contributed by atoms with van der Waals surface area (Å²) < 4.78 is 9.53. The summed E-state index contributed by atoms with van der Waals surface area (Å²) in [6.07, 6.45) is 3.72. The second kappa shape index (κ2) is 15.7. The van der Waals surface area contributed by atoms with Gasteiger partial charge in [-0.2, -0.15) is 0 Å². The van der Waals surface area contributed by atoms with E-state index in [1.807, 2.05) is 58.2 Å². The van der Waals surface area contributed by atoms with E-state index in [1.54, 1.807) is 21.1 Å². The molecule has 4 atom stereocenters. The lowest BCUT2D eigenvalue weighted by Crippen LogP contribution is -2.51. The van der Waals surface area contributed by atoms with Crippen LogP contribution in [0.25, 0.3) is 43.1 Å². The van der Waals surface area contributed by atoms with Gasteiger partial charge in [0.2, 0.25) is 11.8 Å². The van der Waals surface area contributed by atoms with Gasteiger partial charge in [0.1, 0.15) is 23.4 Å². The molecule has 4 aromatic heterocycles. The first-order valence-corrected chi connectivity index (χ1v) is 19.5. The van der Waals surface area contributed by atoms with Gasteiger partial charge in [-0.05, 0) is 73.9 Å². The van der Waals surface area contributed by atoms with Gasteiger partial charge in [-0.25, -0.2) is 24.5 Å². The highest BCUT2D eigenvalue weighted by Gasteiger charge is 2.39. The molecule has 0 spiro atoms. The lowest BCUT2D eigenvalue weighted by atomic mass is 10.0. The molecule has 0 saturated carbocycles. The number of amides is 4. The van der Waals surface area contributed by atoms with Crippen LogP contribution in [0.2, 0.25) is 0 Å². The number of thiophene rings is 1. The number of nitrogens with zero attached hydrogens (tertiary/aromatic N) is 5. The van der Waals surface area contributed by atoms with Crippen LogP contribution in [-0.2, 0) is 19.1 Å². The molecule has 0 unspecified atom stereocenters. The van der Waals surface area contributed by atoms with Crippen LogP contribution < -0.4 is 10.6 Å². The van der Waals surface area contributed by atoms with E-state index in [9.17, 15) is 19.2 Å². The molecule has 0 bridgehead atoms. The van der Waals surface area contributed by atoms with E-state index in [2.05, 4.69) is 32.7 Å². The van der Waals surface area contributed by atoms with Gasteiger partial charge in [0, 0.05) is 24.0 Å². The molecule has 0 radical (unpaired) electrons. The van der Waals surface area contributed by atoms with Crippen LogP contribution in [0.3, 0.4) is 0 Å². The molecular weight excluding hydrogens is 723 g/mol. The number of H-pyrrole nitrogens is 2. The molecule has 1 aromatic carbocycles. The van der Waals surface area contributed by atoms with Gasteiger partial charge in [-0.15, -0.1) is 11.3 Å². The number of rotatable bonds is 10. The van der Waals surface area contributed by atoms with Crippen molar-refractivity contribution in [2.45, 2.75) is 77.5 Å². The number of pyridine rings is 1. The lowest BCUT2D eigenvalue weighted by molar-refractivity contribution is -0.136. The Morgan fingerprint density at radius 3 is 1.98 bits per heavy atom. The van der Waals surface area contributed by atoms with Crippen LogP contribution in [-0.4, -0.2) is 98.1 Å². The first-order valence-electron chi connectivity index (χ1n) is 18.7. The molecule has 2 aliphatic rings. The van der Waals surface area contributed by atoms with Crippen molar-refractivity contribution in [3.8, 4) is 21.1 Å². The SMILES string of the molecule is COC(=O)N[C@H](C(=O)N1CCC[C@H]1c1nc2ccc3[nH]c(-c4ccc(-c5cnc([C@@H]6CCCN6C(=O)[C@@H](NC(=O)OC)C(C)C)[nH]5)s4)ccc3c2n1)C(C)C. The van der Waals surface area contributed by atoms with E-state index in [1.165, 1.54) is 14.2 Å². The van der Waals surface area contributed by atoms with Crippen molar-refractivity contribution in [3.63, 3.8) is 0 Å². The fourth-order valence-corrected chi connectivity index (χ4v) is 8.57. The maximum Gasteiger partial charge on any atom is 0.407 e. The summed E-state index contributed by atoms with van der Waals surface area (Å²) in [7, 11) is 2.57. The molecule has 6 heterocycles. The molecule has 4 amide bonds. The third kappa shape index (κ3) is 7.46. The Balaban J connectivity index is 1.09. The standard InChI is InChI=1S/C39H47N9O6S/c1-20(2)31(45-38(51)53-5)36(49)47-17-7-9-27(47)34-40-19-26(43-34)30-16-15-29(55-30)24-12-11-22-23(41-24)13-14-25-33(22)44-35(42-25)28-10-8-18-48(28)37(50)32(21(3)4)46-39(52)54-6/h11-16,19-21,27-28,31-32,41H,7-10,17-18H2,1-6H3,(H,40,43)(H,45,51)(H,46,52)/t27-,28-,31-,32-/m0/s1. The van der Waals surface area contributed by atoms with Crippen molar-refractivity contribution in [1.29, 1.82) is 0 Å². The number of ether oxygens (including phenoxy) is 2. The lowest BCUT2D eigenvalue weighted by Gasteiger charge is -2.30. The first-order chi connectivity index (χ1) is 26.5. The van der Waals surface area contributed by atoms with Crippen molar-refractivity contribution in [2.75, 3.05) is 27.3 Å². The molecule has 0 aliphatic carbocycles. The monoisotopic (exact) mass is 769 g/mol. The van der Waals surface area contributed by atoms with E-state index in [0.29, 0.717) is 18.9 Å². The molecule has 290 valence electrons. The molecule has 7 rings (SSSR count). The van der Waals surface area contributed by atoms with Gasteiger partial charge < -0.3 is 39.9 Å². The predicted octanol–water partition coefficient (Wildman–Crippen LogP) is 6.32. The number of alkyl carbamates (subject to hydrolysis) is 2. The summed E-state index contributed by atoms with van der Waals surface area (Å²) in [5, 5.41) is 6.32. The van der Waals surface area contributed by atoms with Crippen molar-refractivity contribution in [3.05, 3.63) is 54.2 Å². The number of aromatic nitrogens is 5. The molecule has 2 saturated heterocycles. The number of carbonyl (C=O) groups excluding carboxylic acids is 4. The normalized spacial score (nSPS) is 18.3. The van der Waals surface area contributed by atoms with Crippen LogP contribution in [0.15, 0.2) is 42.6 Å². The van der Waals surface area contributed by atoms with Gasteiger partial charge in [0.15, 0.2) is 5.82 Å². The van der Waals surface area contributed by atoms with E-state index < -0.39 is 24.3 Å². The largest absolute Gasteiger partial charge is 0.453 e. The molecule has 4 N–H and O–H groups in total. The Bertz CT molecular complexity index is 2230. The Labute approximate surface area is 322 Å². The quantitative estimate of drug-likeness (QED) is 0.126. The minimum absolute atomic E-state index is 0.111. The molecule has 2 aliphatic heterocycles. The zero-order valence-corrected chi connectivity index (χ0v) is 32.7. The molecule has 5 aromatic rings. The highest BCUT2D eigenvalue weighted by Crippen LogP contribution is 2.38. The second-order valence-electron chi connectivity index (χ2n) is 14.8. The van der Waals surface area contributed by atoms with Gasteiger partial charge in [-0.3, -0.25) is 9.59 Å². The Kier molecular flexibility index (Phi) is 10.8. The number of fused-ring (bicyclic) bond motifs is 3. The average Bonchev–Trinajstić information content (AvgIpc) is 4.03. The zero-order chi connectivity index (χ0) is 39.0. The van der Waals surface area contributed by atoms with Crippen LogP contribution in [0.5, 0.6) is 0 Å². The van der Waals surface area contributed by atoms with E-state index >= 15 is 0 Å². The van der Waals surface area contributed by atoms with Crippen LogP contribution in [0, 0.1) is 11.8 Å². The number of hydrogen-bond donors (Lipinski definition) is 4. The van der Waals surface area contributed by atoms with E-state index in [-0.39, 0.29) is 35.7 Å². The summed E-state index contributed by atoms with van der Waals surface area (Å²) in [6, 6.07) is 10.2. The molecular formula is C39H47N9O6S. The molecule has 2 fully saturated rings. The third-order valence-corrected chi connectivity index (χ3v) is 11.7. The minimum atomic E-state index is -0.714. The number of nitrogens with one attached hydrogen (secondary N) is 4. The summed E-state index contributed by atoms with van der Waals surface area (Å²) in [5.74, 6) is 0.770. The fraction of sp³-hybridized carbons (Fsp3) is 0.462. The molecule has 16 heteroatoms. The Morgan fingerprint density at radius 1 is 0.764 bits per heavy atom. The van der Waals surface area contributed by atoms with Crippen molar-refractivity contribution >= 4 is 57.3 Å². The van der Waals surface area contributed by atoms with Crippen molar-refractivity contribution in [1.82, 2.24) is 45.4 Å². The number of likely N-dealkylation sites (tertiary alicyclic amines) is 2. The van der Waals surface area contributed by atoms with Crippen LogP contribution >= 0.6 is 11.3 Å². The van der Waals surface area contributed by atoms with Crippen LogP contribution in [0.4, 0.5) is 9.59 Å². The summed E-state index contributed by atoms with van der Waals surface area (Å²) in [6.45, 7) is 8.74.